The van der Waals surface area contributed by atoms with Gasteiger partial charge in [0, 0.05) is 30.2 Å². The van der Waals surface area contributed by atoms with Gasteiger partial charge in [-0.3, -0.25) is 19.2 Å². The van der Waals surface area contributed by atoms with Crippen LogP contribution in [-0.2, 0) is 32.0 Å². The van der Waals surface area contributed by atoms with E-state index in [4.69, 9.17) is 21.8 Å². The molecule has 4 N–H and O–H groups in total. The van der Waals surface area contributed by atoms with E-state index in [1.807, 2.05) is 48.5 Å². The lowest BCUT2D eigenvalue weighted by Gasteiger charge is -2.11. The maximum atomic E-state index is 11.1. The molecule has 0 aliphatic rings. The SMILES string of the molecule is CC(=O)Nc1ccc(-c2ccc(Cl)cc2)c(CC(=O)O)c1.CC(=O)Nc1ccc(-c2ccccc2)c(CC(=O)O)c1. The summed E-state index contributed by atoms with van der Waals surface area (Å²) in [5.41, 5.74) is 6.00. The Balaban J connectivity index is 0.000000226. The summed E-state index contributed by atoms with van der Waals surface area (Å²) >= 11 is 5.86. The van der Waals surface area contributed by atoms with Crippen molar-refractivity contribution in [1.29, 1.82) is 0 Å². The van der Waals surface area contributed by atoms with Crippen LogP contribution in [0.2, 0.25) is 5.02 Å². The van der Waals surface area contributed by atoms with Crippen molar-refractivity contribution in [2.75, 3.05) is 10.6 Å². The number of aliphatic carboxylic acids is 2. The number of hydrogen-bond acceptors (Lipinski definition) is 4. The van der Waals surface area contributed by atoms with Crippen molar-refractivity contribution in [2.45, 2.75) is 26.7 Å². The standard InChI is InChI=1S/C16H14ClNO3.C16H15NO3/c1-10(19)18-14-6-7-15(12(8-14)9-16(20)21)11-2-4-13(17)5-3-11;1-11(18)17-14-7-8-15(12-5-3-2-4-6-12)13(9-14)10-16(19)20/h2-8H,9H2,1H3,(H,18,19)(H,20,21);2-9H,10H2,1H3,(H,17,18)(H,19,20). The third kappa shape index (κ3) is 9.63. The molecule has 9 heteroatoms. The predicted octanol–water partition coefficient (Wildman–Crippen LogP) is 6.53. The molecule has 0 atom stereocenters. The van der Waals surface area contributed by atoms with Gasteiger partial charge < -0.3 is 20.8 Å². The number of rotatable bonds is 8. The quantitative estimate of drug-likeness (QED) is 0.190. The molecule has 210 valence electrons. The zero-order chi connectivity index (χ0) is 29.9. The lowest BCUT2D eigenvalue weighted by atomic mass is 9.97. The van der Waals surface area contributed by atoms with E-state index in [9.17, 15) is 19.2 Å². The first-order valence-corrected chi connectivity index (χ1v) is 13.0. The Kier molecular flexibility index (Phi) is 10.8. The summed E-state index contributed by atoms with van der Waals surface area (Å²) in [6.07, 6.45) is -0.205. The van der Waals surface area contributed by atoms with E-state index < -0.39 is 11.9 Å². The number of carboxylic acids is 2. The lowest BCUT2D eigenvalue weighted by molar-refractivity contribution is -0.137. The van der Waals surface area contributed by atoms with E-state index in [2.05, 4.69) is 10.6 Å². The van der Waals surface area contributed by atoms with Crippen molar-refractivity contribution in [2.24, 2.45) is 0 Å². The Morgan fingerprint density at radius 3 is 1.41 bits per heavy atom. The first-order valence-electron chi connectivity index (χ1n) is 12.6. The highest BCUT2D eigenvalue weighted by molar-refractivity contribution is 6.30. The third-order valence-corrected chi connectivity index (χ3v) is 6.03. The van der Waals surface area contributed by atoms with Gasteiger partial charge in [0.15, 0.2) is 0 Å². The summed E-state index contributed by atoms with van der Waals surface area (Å²) in [7, 11) is 0. The average molecular weight is 573 g/mol. The van der Waals surface area contributed by atoms with E-state index in [0.29, 0.717) is 27.5 Å². The number of hydrogen-bond donors (Lipinski definition) is 4. The highest BCUT2D eigenvalue weighted by atomic mass is 35.5. The highest BCUT2D eigenvalue weighted by Crippen LogP contribution is 2.29. The van der Waals surface area contributed by atoms with E-state index in [1.165, 1.54) is 13.8 Å². The molecule has 2 amide bonds. The molecule has 0 unspecified atom stereocenters. The van der Waals surface area contributed by atoms with Gasteiger partial charge in [-0.2, -0.15) is 0 Å². The molecular formula is C32H29ClN2O6. The molecule has 4 aromatic carbocycles. The van der Waals surface area contributed by atoms with Gasteiger partial charge in [-0.1, -0.05) is 66.2 Å². The molecule has 0 saturated carbocycles. The van der Waals surface area contributed by atoms with Crippen LogP contribution in [0.3, 0.4) is 0 Å². The highest BCUT2D eigenvalue weighted by Gasteiger charge is 2.12. The molecule has 8 nitrogen and oxygen atoms in total. The summed E-state index contributed by atoms with van der Waals surface area (Å²) in [6, 6.07) is 27.3. The van der Waals surface area contributed by atoms with Crippen molar-refractivity contribution >= 4 is 46.7 Å². The fourth-order valence-corrected chi connectivity index (χ4v) is 4.30. The number of amides is 2. The maximum absolute atomic E-state index is 11.1. The second-order valence-corrected chi connectivity index (χ2v) is 9.56. The number of carbonyl (C=O) groups excluding carboxylic acids is 2. The summed E-state index contributed by atoms with van der Waals surface area (Å²) in [4.78, 5) is 44.2. The number of carbonyl (C=O) groups is 4. The summed E-state index contributed by atoms with van der Waals surface area (Å²) in [6.45, 7) is 2.83. The third-order valence-electron chi connectivity index (χ3n) is 5.77. The smallest absolute Gasteiger partial charge is 0.307 e. The monoisotopic (exact) mass is 572 g/mol. The van der Waals surface area contributed by atoms with E-state index >= 15 is 0 Å². The van der Waals surface area contributed by atoms with Gasteiger partial charge in [-0.25, -0.2) is 0 Å². The Hall–Kier alpha value is -4.95. The van der Waals surface area contributed by atoms with Crippen LogP contribution in [0.15, 0.2) is 91.0 Å². The zero-order valence-corrected chi connectivity index (χ0v) is 23.2. The van der Waals surface area contributed by atoms with Crippen LogP contribution in [-0.4, -0.2) is 34.0 Å². The molecule has 41 heavy (non-hydrogen) atoms. The van der Waals surface area contributed by atoms with Crippen molar-refractivity contribution in [3.63, 3.8) is 0 Å². The number of benzene rings is 4. The van der Waals surface area contributed by atoms with Gasteiger partial charge in [0.2, 0.25) is 11.8 Å². The number of halogens is 1. The molecule has 0 aliphatic carbocycles. The second-order valence-electron chi connectivity index (χ2n) is 9.12. The van der Waals surface area contributed by atoms with E-state index in [1.54, 1.807) is 42.5 Å². The Morgan fingerprint density at radius 2 is 1.02 bits per heavy atom. The normalized spacial score (nSPS) is 10.1. The van der Waals surface area contributed by atoms with Gasteiger partial charge in [-0.05, 0) is 69.8 Å². The minimum atomic E-state index is -0.926. The molecule has 0 saturated heterocycles. The molecule has 0 bridgehead atoms. The van der Waals surface area contributed by atoms with Crippen LogP contribution in [0.4, 0.5) is 11.4 Å². The van der Waals surface area contributed by atoms with Crippen molar-refractivity contribution in [3.8, 4) is 22.3 Å². The van der Waals surface area contributed by atoms with Gasteiger partial charge in [0.1, 0.15) is 0 Å². The Labute approximate surface area is 242 Å². The van der Waals surface area contributed by atoms with Crippen molar-refractivity contribution in [3.05, 3.63) is 107 Å². The minimum absolute atomic E-state index is 0.0857. The average Bonchev–Trinajstić information content (AvgIpc) is 2.89. The van der Waals surface area contributed by atoms with Crippen molar-refractivity contribution < 1.29 is 29.4 Å². The summed E-state index contributed by atoms with van der Waals surface area (Å²) < 4.78 is 0. The summed E-state index contributed by atoms with van der Waals surface area (Å²) in [5.74, 6) is -2.21. The number of nitrogens with one attached hydrogen (secondary N) is 2. The predicted molar refractivity (Wildman–Crippen MR) is 160 cm³/mol. The molecule has 0 aromatic heterocycles. The van der Waals surface area contributed by atoms with Gasteiger partial charge in [-0.15, -0.1) is 0 Å². The Bertz CT molecular complexity index is 1550. The van der Waals surface area contributed by atoms with Gasteiger partial charge >= 0.3 is 11.9 Å². The molecule has 0 radical (unpaired) electrons. The topological polar surface area (TPSA) is 133 Å². The largest absolute Gasteiger partial charge is 0.481 e. The van der Waals surface area contributed by atoms with Crippen LogP contribution in [0.1, 0.15) is 25.0 Å². The molecule has 4 rings (SSSR count). The molecule has 0 heterocycles. The molecular weight excluding hydrogens is 544 g/mol. The van der Waals surface area contributed by atoms with E-state index in [0.717, 1.165) is 22.3 Å². The number of anilines is 2. The van der Waals surface area contributed by atoms with E-state index in [-0.39, 0.29) is 24.7 Å². The van der Waals surface area contributed by atoms with Crippen LogP contribution in [0.5, 0.6) is 0 Å². The van der Waals surface area contributed by atoms with Crippen molar-refractivity contribution in [1.82, 2.24) is 0 Å². The fourth-order valence-electron chi connectivity index (χ4n) is 4.18. The first kappa shape index (κ1) is 30.6. The van der Waals surface area contributed by atoms with Crippen LogP contribution in [0.25, 0.3) is 22.3 Å². The Morgan fingerprint density at radius 1 is 0.610 bits per heavy atom. The minimum Gasteiger partial charge on any atom is -0.481 e. The lowest BCUT2D eigenvalue weighted by Crippen LogP contribution is -2.08. The molecule has 4 aromatic rings. The zero-order valence-electron chi connectivity index (χ0n) is 22.5. The first-order chi connectivity index (χ1) is 19.5. The van der Waals surface area contributed by atoms with Crippen LogP contribution in [0, 0.1) is 0 Å². The second kappa shape index (κ2) is 14.4. The van der Waals surface area contributed by atoms with Crippen LogP contribution >= 0.6 is 11.6 Å². The van der Waals surface area contributed by atoms with Crippen LogP contribution < -0.4 is 10.6 Å². The van der Waals surface area contributed by atoms with Gasteiger partial charge in [0.05, 0.1) is 12.8 Å². The molecule has 0 fully saturated rings. The molecule has 0 spiro atoms. The maximum Gasteiger partial charge on any atom is 0.307 e. The molecule has 0 aliphatic heterocycles. The fraction of sp³-hybridized carbons (Fsp3) is 0.125. The van der Waals surface area contributed by atoms with Gasteiger partial charge in [0.25, 0.3) is 0 Å². The summed E-state index contributed by atoms with van der Waals surface area (Å²) in [5, 5.41) is 24.0. The number of carboxylic acid groups (broad SMARTS) is 2.